The fraction of sp³-hybridized carbons (Fsp3) is 0.0833. The highest BCUT2D eigenvalue weighted by molar-refractivity contribution is 5.83. The van der Waals surface area contributed by atoms with E-state index in [1.165, 1.54) is 13.3 Å². The second-order valence-electron chi connectivity index (χ2n) is 3.72. The van der Waals surface area contributed by atoms with Crippen molar-refractivity contribution in [2.75, 3.05) is 7.11 Å². The minimum absolute atomic E-state index is 0.284. The van der Waals surface area contributed by atoms with Gasteiger partial charge < -0.3 is 4.74 Å². The molecule has 0 saturated carbocycles. The van der Waals surface area contributed by atoms with E-state index >= 15 is 0 Å². The molecule has 6 heteroatoms. The number of H-pyrrole nitrogens is 1. The van der Waals surface area contributed by atoms with Crippen LogP contribution in [0.3, 0.4) is 0 Å². The predicted octanol–water partition coefficient (Wildman–Crippen LogP) is 1.12. The maximum Gasteiger partial charge on any atom is 0.275 e. The van der Waals surface area contributed by atoms with Gasteiger partial charge in [-0.2, -0.15) is 5.10 Å². The van der Waals surface area contributed by atoms with Crippen LogP contribution in [-0.2, 0) is 0 Å². The molecule has 0 spiro atoms. The van der Waals surface area contributed by atoms with Crippen LogP contribution in [0, 0.1) is 0 Å². The lowest BCUT2D eigenvalue weighted by Gasteiger charge is -2.05. The Kier molecular flexibility index (Phi) is 2.33. The second kappa shape index (κ2) is 3.99. The maximum absolute atomic E-state index is 11.7. The summed E-state index contributed by atoms with van der Waals surface area (Å²) in [7, 11) is 1.50. The monoisotopic (exact) mass is 242 g/mol. The standard InChI is InChI=1S/C12H10N4O2/c1-18-12-10-9(11(17)14-15-12)7-13-16(10)8-5-3-2-4-6-8/h2-7H,1H3,(H,14,17). The van der Waals surface area contributed by atoms with Gasteiger partial charge in [0.1, 0.15) is 5.52 Å². The normalized spacial score (nSPS) is 10.7. The summed E-state index contributed by atoms with van der Waals surface area (Å²) in [5, 5.41) is 10.9. The average Bonchev–Trinajstić information content (AvgIpc) is 2.86. The molecule has 0 saturated heterocycles. The Hall–Kier alpha value is -2.63. The van der Waals surface area contributed by atoms with E-state index in [1.54, 1.807) is 4.68 Å². The Morgan fingerprint density at radius 2 is 2.06 bits per heavy atom. The van der Waals surface area contributed by atoms with E-state index in [0.29, 0.717) is 16.8 Å². The lowest BCUT2D eigenvalue weighted by molar-refractivity contribution is 0.395. The SMILES string of the molecule is COc1n[nH]c(=O)c2cnn(-c3ccccc3)c12. The van der Waals surface area contributed by atoms with Gasteiger partial charge in [0.05, 0.1) is 24.4 Å². The molecular weight excluding hydrogens is 232 g/mol. The summed E-state index contributed by atoms with van der Waals surface area (Å²) in [4.78, 5) is 11.7. The Labute approximate surface area is 102 Å². The molecule has 3 rings (SSSR count). The van der Waals surface area contributed by atoms with Gasteiger partial charge >= 0.3 is 0 Å². The Balaban J connectivity index is 2.38. The van der Waals surface area contributed by atoms with Gasteiger partial charge in [0.2, 0.25) is 0 Å². The number of aromatic amines is 1. The molecule has 0 bridgehead atoms. The van der Waals surface area contributed by atoms with Crippen LogP contribution in [-0.4, -0.2) is 27.1 Å². The third-order valence-corrected chi connectivity index (χ3v) is 2.67. The Morgan fingerprint density at radius 1 is 1.28 bits per heavy atom. The van der Waals surface area contributed by atoms with Crippen molar-refractivity contribution < 1.29 is 4.74 Å². The number of hydrogen-bond donors (Lipinski definition) is 1. The number of nitrogens with zero attached hydrogens (tertiary/aromatic N) is 3. The highest BCUT2D eigenvalue weighted by atomic mass is 16.5. The molecule has 0 unspecified atom stereocenters. The van der Waals surface area contributed by atoms with E-state index < -0.39 is 0 Å². The molecule has 1 N–H and O–H groups in total. The van der Waals surface area contributed by atoms with Gasteiger partial charge in [-0.1, -0.05) is 18.2 Å². The van der Waals surface area contributed by atoms with Crippen LogP contribution < -0.4 is 10.3 Å². The second-order valence-corrected chi connectivity index (χ2v) is 3.72. The summed E-state index contributed by atoms with van der Waals surface area (Å²) in [6.07, 6.45) is 1.51. The van der Waals surface area contributed by atoms with Crippen LogP contribution in [0.25, 0.3) is 16.6 Å². The molecule has 6 nitrogen and oxygen atoms in total. The maximum atomic E-state index is 11.7. The Morgan fingerprint density at radius 3 is 2.78 bits per heavy atom. The molecule has 90 valence electrons. The minimum Gasteiger partial charge on any atom is -0.478 e. The number of hydrogen-bond acceptors (Lipinski definition) is 4. The van der Waals surface area contributed by atoms with E-state index in [1.807, 2.05) is 30.3 Å². The summed E-state index contributed by atoms with van der Waals surface area (Å²) in [6, 6.07) is 9.50. The highest BCUT2D eigenvalue weighted by Gasteiger charge is 2.14. The third-order valence-electron chi connectivity index (χ3n) is 2.67. The average molecular weight is 242 g/mol. The van der Waals surface area contributed by atoms with Gasteiger partial charge in [-0.15, -0.1) is 5.10 Å². The first-order valence-corrected chi connectivity index (χ1v) is 5.37. The molecule has 2 heterocycles. The number of aromatic nitrogens is 4. The number of fused-ring (bicyclic) bond motifs is 1. The molecule has 18 heavy (non-hydrogen) atoms. The molecule has 0 aliphatic rings. The van der Waals surface area contributed by atoms with Crippen molar-refractivity contribution in [1.82, 2.24) is 20.0 Å². The van der Waals surface area contributed by atoms with E-state index in [0.717, 1.165) is 5.69 Å². The van der Waals surface area contributed by atoms with Crippen LogP contribution in [0.5, 0.6) is 5.88 Å². The van der Waals surface area contributed by atoms with Gasteiger partial charge in [0, 0.05) is 0 Å². The molecule has 0 atom stereocenters. The first-order valence-electron chi connectivity index (χ1n) is 5.37. The molecule has 2 aromatic heterocycles. The zero-order valence-corrected chi connectivity index (χ0v) is 9.62. The summed E-state index contributed by atoms with van der Waals surface area (Å²) in [5.41, 5.74) is 1.12. The van der Waals surface area contributed by atoms with Crippen molar-refractivity contribution in [1.29, 1.82) is 0 Å². The molecule has 3 aromatic rings. The molecule has 0 fully saturated rings. The van der Waals surface area contributed by atoms with E-state index in [4.69, 9.17) is 4.74 Å². The number of nitrogens with one attached hydrogen (secondary N) is 1. The van der Waals surface area contributed by atoms with Gasteiger partial charge in [0.15, 0.2) is 0 Å². The van der Waals surface area contributed by atoms with E-state index in [2.05, 4.69) is 15.3 Å². The fourth-order valence-corrected chi connectivity index (χ4v) is 1.84. The minimum atomic E-state index is -0.284. The first-order chi connectivity index (χ1) is 8.81. The molecule has 0 amide bonds. The van der Waals surface area contributed by atoms with Crippen molar-refractivity contribution in [2.24, 2.45) is 0 Å². The smallest absolute Gasteiger partial charge is 0.275 e. The van der Waals surface area contributed by atoms with Crippen LogP contribution in [0.2, 0.25) is 0 Å². The zero-order valence-electron chi connectivity index (χ0n) is 9.62. The number of methoxy groups -OCH3 is 1. The summed E-state index contributed by atoms with van der Waals surface area (Å²) in [5.74, 6) is 0.339. The van der Waals surface area contributed by atoms with Crippen molar-refractivity contribution in [3.63, 3.8) is 0 Å². The zero-order chi connectivity index (χ0) is 12.5. The lowest BCUT2D eigenvalue weighted by Crippen LogP contribution is -2.10. The van der Waals surface area contributed by atoms with Crippen LogP contribution in [0.15, 0.2) is 41.3 Å². The molecule has 0 aliphatic heterocycles. The fourth-order valence-electron chi connectivity index (χ4n) is 1.84. The van der Waals surface area contributed by atoms with Gasteiger partial charge in [-0.3, -0.25) is 4.79 Å². The highest BCUT2D eigenvalue weighted by Crippen LogP contribution is 2.22. The summed E-state index contributed by atoms with van der Waals surface area (Å²) >= 11 is 0. The molecule has 0 aliphatic carbocycles. The third kappa shape index (κ3) is 1.46. The van der Waals surface area contributed by atoms with Crippen molar-refractivity contribution in [2.45, 2.75) is 0 Å². The quantitative estimate of drug-likeness (QED) is 0.730. The predicted molar refractivity (Wildman–Crippen MR) is 66.0 cm³/mol. The van der Waals surface area contributed by atoms with Crippen molar-refractivity contribution in [3.05, 3.63) is 46.9 Å². The number of ether oxygens (including phenoxy) is 1. The molecule has 0 radical (unpaired) electrons. The van der Waals surface area contributed by atoms with Crippen LogP contribution in [0.1, 0.15) is 0 Å². The van der Waals surface area contributed by atoms with Gasteiger partial charge in [0.25, 0.3) is 11.4 Å². The Bertz CT molecular complexity index is 746. The van der Waals surface area contributed by atoms with Crippen molar-refractivity contribution >= 4 is 10.9 Å². The number of benzene rings is 1. The van der Waals surface area contributed by atoms with Crippen LogP contribution in [0.4, 0.5) is 0 Å². The van der Waals surface area contributed by atoms with Gasteiger partial charge in [-0.05, 0) is 12.1 Å². The van der Waals surface area contributed by atoms with Gasteiger partial charge in [-0.25, -0.2) is 9.78 Å². The molecular formula is C12H10N4O2. The van der Waals surface area contributed by atoms with E-state index in [-0.39, 0.29) is 5.56 Å². The van der Waals surface area contributed by atoms with Crippen LogP contribution >= 0.6 is 0 Å². The van der Waals surface area contributed by atoms with E-state index in [9.17, 15) is 4.79 Å². The largest absolute Gasteiger partial charge is 0.478 e. The molecule has 1 aromatic carbocycles. The topological polar surface area (TPSA) is 72.8 Å². The summed E-state index contributed by atoms with van der Waals surface area (Å²) in [6.45, 7) is 0. The number of para-hydroxylation sites is 1. The first kappa shape index (κ1) is 10.5. The lowest BCUT2D eigenvalue weighted by atomic mass is 10.3. The number of rotatable bonds is 2. The van der Waals surface area contributed by atoms with Crippen molar-refractivity contribution in [3.8, 4) is 11.6 Å². The summed E-state index contributed by atoms with van der Waals surface area (Å²) < 4.78 is 6.80.